The quantitative estimate of drug-likeness (QED) is 0.761. The molecule has 1 unspecified atom stereocenters. The number of rotatable bonds is 1. The minimum absolute atomic E-state index is 0.109. The van der Waals surface area contributed by atoms with Crippen LogP contribution in [-0.2, 0) is 0 Å². The van der Waals surface area contributed by atoms with Crippen LogP contribution in [0.3, 0.4) is 0 Å². The monoisotopic (exact) mass is 216 g/mol. The number of hydrogen-bond acceptors (Lipinski definition) is 1. The Morgan fingerprint density at radius 3 is 2.38 bits per heavy atom. The Balaban J connectivity index is 2.33. The van der Waals surface area contributed by atoms with Gasteiger partial charge in [-0.15, -0.1) is 0 Å². The van der Waals surface area contributed by atoms with E-state index in [2.05, 4.69) is 51.1 Å². The van der Waals surface area contributed by atoms with Gasteiger partial charge in [-0.1, -0.05) is 49.8 Å². The molecule has 0 fully saturated rings. The summed E-state index contributed by atoms with van der Waals surface area (Å²) in [4.78, 5) is 0. The SMILES string of the molecule is Cc1ccc(C2=CC(C)(C)CC(O)C2)cc1. The van der Waals surface area contributed by atoms with Crippen molar-refractivity contribution in [3.05, 3.63) is 41.5 Å². The smallest absolute Gasteiger partial charge is 0.0588 e. The first-order chi connectivity index (χ1) is 7.46. The summed E-state index contributed by atoms with van der Waals surface area (Å²) in [7, 11) is 0. The zero-order valence-corrected chi connectivity index (χ0v) is 10.3. The molecule has 0 saturated heterocycles. The van der Waals surface area contributed by atoms with Crippen LogP contribution in [0, 0.1) is 12.3 Å². The molecule has 16 heavy (non-hydrogen) atoms. The lowest BCUT2D eigenvalue weighted by Gasteiger charge is -2.31. The Hall–Kier alpha value is -1.08. The van der Waals surface area contributed by atoms with Crippen molar-refractivity contribution in [3.63, 3.8) is 0 Å². The molecule has 1 aliphatic carbocycles. The molecule has 1 nitrogen and oxygen atoms in total. The molecule has 2 rings (SSSR count). The van der Waals surface area contributed by atoms with E-state index in [0.717, 1.165) is 12.8 Å². The standard InChI is InChI=1S/C15H20O/c1-11-4-6-12(7-5-11)13-8-14(16)10-15(2,3)9-13/h4-7,9,14,16H,8,10H2,1-3H3. The lowest BCUT2D eigenvalue weighted by atomic mass is 9.76. The molecule has 1 aromatic carbocycles. The average Bonchev–Trinajstić information content (AvgIpc) is 2.15. The van der Waals surface area contributed by atoms with Crippen LogP contribution < -0.4 is 0 Å². The molecular weight excluding hydrogens is 196 g/mol. The van der Waals surface area contributed by atoms with E-state index in [4.69, 9.17) is 0 Å². The summed E-state index contributed by atoms with van der Waals surface area (Å²) in [6.07, 6.45) is 3.76. The first kappa shape index (κ1) is 11.4. The Morgan fingerprint density at radius 2 is 1.81 bits per heavy atom. The van der Waals surface area contributed by atoms with Crippen molar-refractivity contribution in [2.75, 3.05) is 0 Å². The Bertz CT molecular complexity index is 398. The van der Waals surface area contributed by atoms with Crippen LogP contribution in [0.5, 0.6) is 0 Å². The first-order valence-electron chi connectivity index (χ1n) is 5.93. The van der Waals surface area contributed by atoms with Crippen molar-refractivity contribution in [2.45, 2.75) is 39.7 Å². The second-order valence-corrected chi connectivity index (χ2v) is 5.59. The lowest BCUT2D eigenvalue weighted by Crippen LogP contribution is -2.24. The van der Waals surface area contributed by atoms with Gasteiger partial charge < -0.3 is 5.11 Å². The zero-order chi connectivity index (χ0) is 11.8. The van der Waals surface area contributed by atoms with Crippen LogP contribution >= 0.6 is 0 Å². The molecule has 0 spiro atoms. The first-order valence-corrected chi connectivity index (χ1v) is 5.93. The fraction of sp³-hybridized carbons (Fsp3) is 0.467. The van der Waals surface area contributed by atoms with Gasteiger partial charge >= 0.3 is 0 Å². The zero-order valence-electron chi connectivity index (χ0n) is 10.3. The number of aliphatic hydroxyl groups is 1. The summed E-state index contributed by atoms with van der Waals surface area (Å²) in [5.41, 5.74) is 3.92. The summed E-state index contributed by atoms with van der Waals surface area (Å²) >= 11 is 0. The van der Waals surface area contributed by atoms with Gasteiger partial charge in [-0.2, -0.15) is 0 Å². The molecule has 0 heterocycles. The molecule has 0 amide bonds. The third-order valence-electron chi connectivity index (χ3n) is 3.20. The molecule has 1 aliphatic rings. The fourth-order valence-corrected chi connectivity index (χ4v) is 2.49. The van der Waals surface area contributed by atoms with E-state index in [0.29, 0.717) is 0 Å². The molecule has 0 aromatic heterocycles. The van der Waals surface area contributed by atoms with Crippen LogP contribution in [0.4, 0.5) is 0 Å². The topological polar surface area (TPSA) is 20.2 Å². The Kier molecular flexibility index (Phi) is 2.90. The van der Waals surface area contributed by atoms with E-state index >= 15 is 0 Å². The second kappa shape index (κ2) is 4.06. The largest absolute Gasteiger partial charge is 0.393 e. The minimum atomic E-state index is -0.198. The Labute approximate surface area is 97.8 Å². The molecule has 0 saturated carbocycles. The summed E-state index contributed by atoms with van der Waals surface area (Å²) in [5.74, 6) is 0. The second-order valence-electron chi connectivity index (χ2n) is 5.59. The van der Waals surface area contributed by atoms with Gasteiger partial charge in [0.15, 0.2) is 0 Å². The summed E-state index contributed by atoms with van der Waals surface area (Å²) < 4.78 is 0. The van der Waals surface area contributed by atoms with Crippen LogP contribution in [0.25, 0.3) is 5.57 Å². The molecule has 0 bridgehead atoms. The highest BCUT2D eigenvalue weighted by Crippen LogP contribution is 2.37. The predicted octanol–water partition coefficient (Wildman–Crippen LogP) is 3.56. The third kappa shape index (κ3) is 2.53. The van der Waals surface area contributed by atoms with Crippen LogP contribution in [0.15, 0.2) is 30.3 Å². The van der Waals surface area contributed by atoms with E-state index in [1.54, 1.807) is 0 Å². The number of hydrogen-bond donors (Lipinski definition) is 1. The van der Waals surface area contributed by atoms with Crippen molar-refractivity contribution in [3.8, 4) is 0 Å². The normalized spacial score (nSPS) is 24.0. The van der Waals surface area contributed by atoms with E-state index in [9.17, 15) is 5.11 Å². The van der Waals surface area contributed by atoms with E-state index in [-0.39, 0.29) is 11.5 Å². The van der Waals surface area contributed by atoms with E-state index in [1.807, 2.05) is 0 Å². The maximum atomic E-state index is 9.89. The molecule has 86 valence electrons. The van der Waals surface area contributed by atoms with Crippen LogP contribution in [0.2, 0.25) is 0 Å². The van der Waals surface area contributed by atoms with Gasteiger partial charge in [0, 0.05) is 0 Å². The molecule has 1 N–H and O–H groups in total. The molecule has 1 atom stereocenters. The summed E-state index contributed by atoms with van der Waals surface area (Å²) in [6, 6.07) is 8.55. The van der Waals surface area contributed by atoms with Crippen molar-refractivity contribution in [1.82, 2.24) is 0 Å². The number of aliphatic hydroxyl groups excluding tert-OH is 1. The maximum Gasteiger partial charge on any atom is 0.0588 e. The fourth-order valence-electron chi connectivity index (χ4n) is 2.49. The highest BCUT2D eigenvalue weighted by Gasteiger charge is 2.26. The van der Waals surface area contributed by atoms with Gasteiger partial charge in [-0.3, -0.25) is 0 Å². The molecule has 0 radical (unpaired) electrons. The van der Waals surface area contributed by atoms with Gasteiger partial charge in [0.05, 0.1) is 6.10 Å². The van der Waals surface area contributed by atoms with Crippen LogP contribution in [0.1, 0.15) is 37.8 Å². The lowest BCUT2D eigenvalue weighted by molar-refractivity contribution is 0.128. The van der Waals surface area contributed by atoms with Crippen molar-refractivity contribution < 1.29 is 5.11 Å². The highest BCUT2D eigenvalue weighted by molar-refractivity contribution is 5.67. The van der Waals surface area contributed by atoms with Crippen molar-refractivity contribution in [1.29, 1.82) is 0 Å². The summed E-state index contributed by atoms with van der Waals surface area (Å²) in [6.45, 7) is 6.46. The van der Waals surface area contributed by atoms with Gasteiger partial charge in [0.1, 0.15) is 0 Å². The number of benzene rings is 1. The molecule has 1 heteroatoms. The minimum Gasteiger partial charge on any atom is -0.393 e. The van der Waals surface area contributed by atoms with Gasteiger partial charge in [-0.05, 0) is 36.3 Å². The molecular formula is C15H20O. The van der Waals surface area contributed by atoms with Crippen molar-refractivity contribution in [2.24, 2.45) is 5.41 Å². The molecule has 0 aliphatic heterocycles. The predicted molar refractivity (Wildman–Crippen MR) is 68.2 cm³/mol. The molecule has 1 aromatic rings. The van der Waals surface area contributed by atoms with E-state index < -0.39 is 0 Å². The van der Waals surface area contributed by atoms with Gasteiger partial charge in [0.2, 0.25) is 0 Å². The maximum absolute atomic E-state index is 9.89. The van der Waals surface area contributed by atoms with Crippen molar-refractivity contribution >= 4 is 5.57 Å². The summed E-state index contributed by atoms with van der Waals surface area (Å²) in [5, 5.41) is 9.89. The van der Waals surface area contributed by atoms with Crippen LogP contribution in [-0.4, -0.2) is 11.2 Å². The average molecular weight is 216 g/mol. The van der Waals surface area contributed by atoms with Gasteiger partial charge in [0.25, 0.3) is 0 Å². The van der Waals surface area contributed by atoms with Gasteiger partial charge in [-0.25, -0.2) is 0 Å². The number of aryl methyl sites for hydroxylation is 1. The highest BCUT2D eigenvalue weighted by atomic mass is 16.3. The Morgan fingerprint density at radius 1 is 1.19 bits per heavy atom. The third-order valence-corrected chi connectivity index (χ3v) is 3.20. The van der Waals surface area contributed by atoms with E-state index in [1.165, 1.54) is 16.7 Å². The number of allylic oxidation sites excluding steroid dienone is 1.